The summed E-state index contributed by atoms with van der Waals surface area (Å²) < 4.78 is 0.973. The molecule has 2 N–H and O–H groups in total. The van der Waals surface area contributed by atoms with Crippen LogP contribution in [0, 0.1) is 6.92 Å². The van der Waals surface area contributed by atoms with E-state index in [1.807, 2.05) is 6.92 Å². The summed E-state index contributed by atoms with van der Waals surface area (Å²) >= 11 is 4.77. The molecule has 4 heteroatoms. The molecule has 0 fully saturated rings. The molecule has 0 bridgehead atoms. The summed E-state index contributed by atoms with van der Waals surface area (Å²) in [4.78, 5) is 10.6. The largest absolute Gasteiger partial charge is 0.366 e. The van der Waals surface area contributed by atoms with E-state index in [9.17, 15) is 4.79 Å². The van der Waals surface area contributed by atoms with E-state index < -0.39 is 0 Å². The zero-order chi connectivity index (χ0) is 7.72. The fourth-order valence-electron chi connectivity index (χ4n) is 0.636. The van der Waals surface area contributed by atoms with E-state index in [2.05, 4.69) is 15.9 Å². The minimum Gasteiger partial charge on any atom is -0.366 e. The fourth-order valence-corrected chi connectivity index (χ4v) is 1.93. The van der Waals surface area contributed by atoms with Crippen molar-refractivity contribution in [3.63, 3.8) is 0 Å². The molecular weight excluding hydrogens is 214 g/mol. The topological polar surface area (TPSA) is 43.1 Å². The monoisotopic (exact) mass is 219 g/mol. The first-order chi connectivity index (χ1) is 4.63. The summed E-state index contributed by atoms with van der Waals surface area (Å²) in [6.45, 7) is 1.86. The molecule has 10 heavy (non-hydrogen) atoms. The van der Waals surface area contributed by atoms with Gasteiger partial charge in [-0.2, -0.15) is 0 Å². The van der Waals surface area contributed by atoms with Gasteiger partial charge in [0.05, 0.1) is 9.35 Å². The predicted octanol–water partition coefficient (Wildman–Crippen LogP) is 1.92. The van der Waals surface area contributed by atoms with Gasteiger partial charge in [-0.1, -0.05) is 0 Å². The van der Waals surface area contributed by atoms with Crippen LogP contribution in [0.5, 0.6) is 0 Å². The minimum atomic E-state index is -0.362. The third-order valence-electron chi connectivity index (χ3n) is 1.24. The number of carbonyl (C=O) groups excluding carboxylic acids is 1. The van der Waals surface area contributed by atoms with Crippen molar-refractivity contribution in [1.82, 2.24) is 0 Å². The number of nitrogens with two attached hydrogens (primary N) is 1. The van der Waals surface area contributed by atoms with Crippen molar-refractivity contribution in [2.24, 2.45) is 5.73 Å². The summed E-state index contributed by atoms with van der Waals surface area (Å²) in [7, 11) is 0. The third-order valence-corrected chi connectivity index (χ3v) is 3.27. The van der Waals surface area contributed by atoms with Crippen LogP contribution in [0.3, 0.4) is 0 Å². The Hall–Kier alpha value is -0.350. The number of rotatable bonds is 1. The maximum atomic E-state index is 10.6. The summed E-state index contributed by atoms with van der Waals surface area (Å²) in [5, 5.41) is 1.75. The Labute approximate surface area is 71.2 Å². The van der Waals surface area contributed by atoms with Crippen LogP contribution in [0.2, 0.25) is 0 Å². The van der Waals surface area contributed by atoms with Crippen LogP contribution in [0.15, 0.2) is 9.17 Å². The molecule has 0 spiro atoms. The molecular formula is C6H6BrNOS. The van der Waals surface area contributed by atoms with E-state index >= 15 is 0 Å². The highest BCUT2D eigenvalue weighted by atomic mass is 79.9. The summed E-state index contributed by atoms with van der Waals surface area (Å²) in [5.41, 5.74) is 6.61. The van der Waals surface area contributed by atoms with Gasteiger partial charge in [-0.05, 0) is 28.4 Å². The fraction of sp³-hybridized carbons (Fsp3) is 0.167. The van der Waals surface area contributed by atoms with Gasteiger partial charge in [0.2, 0.25) is 5.91 Å². The highest BCUT2D eigenvalue weighted by molar-refractivity contribution is 9.11. The maximum absolute atomic E-state index is 10.6. The highest BCUT2D eigenvalue weighted by Gasteiger charge is 2.08. The van der Waals surface area contributed by atoms with E-state index in [4.69, 9.17) is 5.73 Å². The van der Waals surface area contributed by atoms with Crippen LogP contribution >= 0.6 is 27.3 Å². The minimum absolute atomic E-state index is 0.362. The number of amides is 1. The second-order valence-electron chi connectivity index (χ2n) is 1.91. The van der Waals surface area contributed by atoms with Crippen molar-refractivity contribution in [3.05, 3.63) is 20.3 Å². The van der Waals surface area contributed by atoms with Gasteiger partial charge in [0.15, 0.2) is 0 Å². The zero-order valence-corrected chi connectivity index (χ0v) is 7.75. The molecule has 0 aliphatic rings. The average molecular weight is 220 g/mol. The molecule has 1 rings (SSSR count). The Kier molecular flexibility index (Phi) is 2.11. The molecule has 0 aromatic carbocycles. The van der Waals surface area contributed by atoms with Gasteiger partial charge in [-0.25, -0.2) is 0 Å². The molecule has 54 valence electrons. The van der Waals surface area contributed by atoms with Gasteiger partial charge in [0.1, 0.15) is 0 Å². The molecule has 1 aromatic heterocycles. The normalized spacial score (nSPS) is 9.80. The zero-order valence-electron chi connectivity index (χ0n) is 5.35. The van der Waals surface area contributed by atoms with Crippen molar-refractivity contribution in [3.8, 4) is 0 Å². The first kappa shape index (κ1) is 7.75. The lowest BCUT2D eigenvalue weighted by atomic mass is 10.2. The van der Waals surface area contributed by atoms with E-state index in [-0.39, 0.29) is 5.91 Å². The quantitative estimate of drug-likeness (QED) is 0.771. The average Bonchev–Trinajstić information content (AvgIpc) is 2.14. The van der Waals surface area contributed by atoms with E-state index in [0.717, 1.165) is 9.35 Å². The predicted molar refractivity (Wildman–Crippen MR) is 45.3 cm³/mol. The van der Waals surface area contributed by atoms with E-state index in [1.165, 1.54) is 11.3 Å². The van der Waals surface area contributed by atoms with Crippen molar-refractivity contribution in [1.29, 1.82) is 0 Å². The molecule has 0 saturated carbocycles. The summed E-state index contributed by atoms with van der Waals surface area (Å²) in [5.74, 6) is -0.362. The second-order valence-corrected chi connectivity index (χ2v) is 4.11. The highest BCUT2D eigenvalue weighted by Crippen LogP contribution is 2.26. The number of hydrogen-bond donors (Lipinski definition) is 1. The Morgan fingerprint density at radius 1 is 1.80 bits per heavy atom. The molecule has 2 nitrogen and oxygen atoms in total. The molecule has 1 amide bonds. The standard InChI is InChI=1S/C6H6BrNOS/c1-3-4(6(8)9)2-10-5(3)7/h2H,1H3,(H2,8,9). The Balaban J connectivity index is 3.17. The van der Waals surface area contributed by atoms with Crippen LogP contribution in [0.25, 0.3) is 0 Å². The van der Waals surface area contributed by atoms with Gasteiger partial charge in [-0.15, -0.1) is 11.3 Å². The lowest BCUT2D eigenvalue weighted by Gasteiger charge is -1.90. The number of halogens is 1. The molecule has 1 heterocycles. The van der Waals surface area contributed by atoms with Crippen LogP contribution in [-0.2, 0) is 0 Å². The van der Waals surface area contributed by atoms with E-state index in [0.29, 0.717) is 5.56 Å². The number of thiophene rings is 1. The molecule has 0 radical (unpaired) electrons. The van der Waals surface area contributed by atoms with Gasteiger partial charge in [0.25, 0.3) is 0 Å². The number of hydrogen-bond acceptors (Lipinski definition) is 2. The van der Waals surface area contributed by atoms with Crippen molar-refractivity contribution < 1.29 is 4.79 Å². The van der Waals surface area contributed by atoms with E-state index in [1.54, 1.807) is 5.38 Å². The number of carbonyl (C=O) groups is 1. The summed E-state index contributed by atoms with van der Waals surface area (Å²) in [6, 6.07) is 0. The third kappa shape index (κ3) is 1.22. The van der Waals surface area contributed by atoms with Crippen molar-refractivity contribution in [2.45, 2.75) is 6.92 Å². The molecule has 0 aliphatic heterocycles. The lowest BCUT2D eigenvalue weighted by Crippen LogP contribution is -2.10. The van der Waals surface area contributed by atoms with Crippen molar-refractivity contribution in [2.75, 3.05) is 0 Å². The Morgan fingerprint density at radius 3 is 2.60 bits per heavy atom. The lowest BCUT2D eigenvalue weighted by molar-refractivity contribution is 0.1000. The van der Waals surface area contributed by atoms with Crippen LogP contribution in [0.1, 0.15) is 15.9 Å². The van der Waals surface area contributed by atoms with Gasteiger partial charge in [-0.3, -0.25) is 4.79 Å². The van der Waals surface area contributed by atoms with Gasteiger partial charge >= 0.3 is 0 Å². The molecule has 0 aliphatic carbocycles. The molecule has 1 aromatic rings. The number of primary amides is 1. The first-order valence-corrected chi connectivity index (χ1v) is 4.33. The van der Waals surface area contributed by atoms with Crippen LogP contribution in [0.4, 0.5) is 0 Å². The molecule has 0 atom stereocenters. The maximum Gasteiger partial charge on any atom is 0.249 e. The Morgan fingerprint density at radius 2 is 2.40 bits per heavy atom. The van der Waals surface area contributed by atoms with Crippen LogP contribution < -0.4 is 5.73 Å². The van der Waals surface area contributed by atoms with Crippen LogP contribution in [-0.4, -0.2) is 5.91 Å². The van der Waals surface area contributed by atoms with Gasteiger partial charge < -0.3 is 5.73 Å². The smallest absolute Gasteiger partial charge is 0.249 e. The molecule has 0 saturated heterocycles. The molecule has 0 unspecified atom stereocenters. The summed E-state index contributed by atoms with van der Waals surface area (Å²) in [6.07, 6.45) is 0. The van der Waals surface area contributed by atoms with Crippen molar-refractivity contribution >= 4 is 33.2 Å². The Bertz CT molecular complexity index is 269. The first-order valence-electron chi connectivity index (χ1n) is 2.66. The van der Waals surface area contributed by atoms with Gasteiger partial charge in [0, 0.05) is 5.38 Å². The second kappa shape index (κ2) is 2.72. The SMILES string of the molecule is Cc1c(C(N)=O)csc1Br.